The lowest BCUT2D eigenvalue weighted by Gasteiger charge is -2.34. The van der Waals surface area contributed by atoms with Gasteiger partial charge >= 0.3 is 0 Å². The summed E-state index contributed by atoms with van der Waals surface area (Å²) in [6.07, 6.45) is 1.78. The molecule has 0 saturated carbocycles. The monoisotopic (exact) mass is 317 g/mol. The van der Waals surface area contributed by atoms with Crippen LogP contribution in [0.15, 0.2) is 18.3 Å². The fraction of sp³-hybridized carbons (Fsp3) is 0.471. The maximum atomic E-state index is 12.8. The van der Waals surface area contributed by atoms with E-state index in [1.807, 2.05) is 17.0 Å². The minimum Gasteiger partial charge on any atom is -0.493 e. The van der Waals surface area contributed by atoms with Gasteiger partial charge in [-0.3, -0.25) is 4.79 Å². The van der Waals surface area contributed by atoms with Crippen molar-refractivity contribution >= 4 is 16.8 Å². The van der Waals surface area contributed by atoms with Crippen LogP contribution in [0.3, 0.4) is 0 Å². The van der Waals surface area contributed by atoms with E-state index in [1.54, 1.807) is 20.4 Å². The number of carbonyl (C=O) groups is 1. The smallest absolute Gasteiger partial charge is 0.256 e. The van der Waals surface area contributed by atoms with Gasteiger partial charge in [0.2, 0.25) is 0 Å². The Kier molecular flexibility index (Phi) is 4.43. The average molecular weight is 317 g/mol. The third-order valence-corrected chi connectivity index (χ3v) is 4.52. The lowest BCUT2D eigenvalue weighted by molar-refractivity contribution is 0.0645. The average Bonchev–Trinajstić information content (AvgIpc) is 3.02. The SMILES string of the molecule is CCN1CCN(C(=O)c2c[nH]c3cc(OC)c(OC)cc23)CC1. The standard InChI is InChI=1S/C17H23N3O3/c1-4-19-5-7-20(8-6-19)17(21)13-11-18-14-10-16(23-3)15(22-2)9-12(13)14/h9-11,18H,4-8H2,1-3H3. The summed E-state index contributed by atoms with van der Waals surface area (Å²) in [6.45, 7) is 6.59. The molecule has 0 unspecified atom stereocenters. The van der Waals surface area contributed by atoms with Gasteiger partial charge in [0.25, 0.3) is 5.91 Å². The number of hydrogen-bond acceptors (Lipinski definition) is 4. The maximum absolute atomic E-state index is 12.8. The molecule has 3 rings (SSSR count). The fourth-order valence-corrected chi connectivity index (χ4v) is 3.06. The summed E-state index contributed by atoms with van der Waals surface area (Å²) in [4.78, 5) is 20.3. The van der Waals surface area contributed by atoms with Crippen molar-refractivity contribution < 1.29 is 14.3 Å². The van der Waals surface area contributed by atoms with Gasteiger partial charge < -0.3 is 24.3 Å². The normalized spacial score (nSPS) is 15.9. The van der Waals surface area contributed by atoms with Crippen molar-refractivity contribution in [2.75, 3.05) is 46.9 Å². The number of aromatic amines is 1. The van der Waals surface area contributed by atoms with E-state index in [1.165, 1.54) is 0 Å². The maximum Gasteiger partial charge on any atom is 0.256 e. The zero-order valence-electron chi connectivity index (χ0n) is 13.9. The number of methoxy groups -OCH3 is 2. The van der Waals surface area contributed by atoms with E-state index in [9.17, 15) is 4.79 Å². The number of fused-ring (bicyclic) bond motifs is 1. The summed E-state index contributed by atoms with van der Waals surface area (Å²) >= 11 is 0. The molecule has 1 aliphatic rings. The van der Waals surface area contributed by atoms with Crippen LogP contribution in [0.4, 0.5) is 0 Å². The van der Waals surface area contributed by atoms with Gasteiger partial charge in [0, 0.05) is 43.8 Å². The Bertz CT molecular complexity index is 702. The highest BCUT2D eigenvalue weighted by Crippen LogP contribution is 2.33. The number of nitrogens with zero attached hydrogens (tertiary/aromatic N) is 2. The number of piperazine rings is 1. The van der Waals surface area contributed by atoms with E-state index in [-0.39, 0.29) is 5.91 Å². The lowest BCUT2D eigenvalue weighted by atomic mass is 10.1. The van der Waals surface area contributed by atoms with Gasteiger partial charge in [0.15, 0.2) is 11.5 Å². The minimum atomic E-state index is 0.0687. The van der Waals surface area contributed by atoms with Crippen molar-refractivity contribution in [1.29, 1.82) is 0 Å². The molecule has 1 saturated heterocycles. The van der Waals surface area contributed by atoms with E-state index in [0.717, 1.165) is 43.6 Å². The Morgan fingerprint density at radius 1 is 1.13 bits per heavy atom. The molecule has 2 aromatic rings. The second-order valence-corrected chi connectivity index (χ2v) is 5.68. The van der Waals surface area contributed by atoms with E-state index >= 15 is 0 Å². The third kappa shape index (κ3) is 2.86. The van der Waals surface area contributed by atoms with Gasteiger partial charge in [0.1, 0.15) is 0 Å². The Labute approximate surface area is 136 Å². The molecule has 124 valence electrons. The van der Waals surface area contributed by atoms with Crippen LogP contribution in [0.5, 0.6) is 11.5 Å². The van der Waals surface area contributed by atoms with Gasteiger partial charge in [-0.1, -0.05) is 6.92 Å². The van der Waals surface area contributed by atoms with E-state index < -0.39 is 0 Å². The first-order valence-corrected chi connectivity index (χ1v) is 7.92. The zero-order chi connectivity index (χ0) is 16.4. The summed E-state index contributed by atoms with van der Waals surface area (Å²) in [6, 6.07) is 3.72. The van der Waals surface area contributed by atoms with Gasteiger partial charge in [-0.2, -0.15) is 0 Å². The number of aromatic nitrogens is 1. The highest BCUT2D eigenvalue weighted by Gasteiger charge is 2.24. The van der Waals surface area contributed by atoms with Crippen molar-refractivity contribution in [3.8, 4) is 11.5 Å². The topological polar surface area (TPSA) is 57.8 Å². The van der Waals surface area contributed by atoms with E-state index in [2.05, 4.69) is 16.8 Å². The summed E-state index contributed by atoms with van der Waals surface area (Å²) in [7, 11) is 3.20. The van der Waals surface area contributed by atoms with Gasteiger partial charge in [-0.25, -0.2) is 0 Å². The minimum absolute atomic E-state index is 0.0687. The van der Waals surface area contributed by atoms with Gasteiger partial charge in [-0.05, 0) is 12.6 Å². The number of hydrogen-bond donors (Lipinski definition) is 1. The highest BCUT2D eigenvalue weighted by atomic mass is 16.5. The second kappa shape index (κ2) is 6.50. The fourth-order valence-electron chi connectivity index (χ4n) is 3.06. The molecule has 23 heavy (non-hydrogen) atoms. The third-order valence-electron chi connectivity index (χ3n) is 4.52. The predicted octanol–water partition coefficient (Wildman–Crippen LogP) is 1.96. The molecule has 0 radical (unpaired) electrons. The first-order chi connectivity index (χ1) is 11.2. The number of amides is 1. The van der Waals surface area contributed by atoms with Crippen molar-refractivity contribution in [3.05, 3.63) is 23.9 Å². The Morgan fingerprint density at radius 3 is 2.39 bits per heavy atom. The van der Waals surface area contributed by atoms with Crippen LogP contribution in [0.1, 0.15) is 17.3 Å². The molecule has 1 fully saturated rings. The Balaban J connectivity index is 1.89. The Hall–Kier alpha value is -2.21. The molecule has 0 bridgehead atoms. The number of benzene rings is 1. The highest BCUT2D eigenvalue weighted by molar-refractivity contribution is 6.07. The lowest BCUT2D eigenvalue weighted by Crippen LogP contribution is -2.48. The number of H-pyrrole nitrogens is 1. The zero-order valence-corrected chi connectivity index (χ0v) is 13.9. The van der Waals surface area contributed by atoms with Crippen LogP contribution < -0.4 is 9.47 Å². The Morgan fingerprint density at radius 2 is 1.78 bits per heavy atom. The first kappa shape index (κ1) is 15.7. The van der Waals surface area contributed by atoms with Crippen molar-refractivity contribution in [1.82, 2.24) is 14.8 Å². The van der Waals surface area contributed by atoms with Crippen molar-refractivity contribution in [2.24, 2.45) is 0 Å². The molecule has 2 heterocycles. The van der Waals surface area contributed by atoms with Crippen LogP contribution >= 0.6 is 0 Å². The number of ether oxygens (including phenoxy) is 2. The molecule has 1 aromatic carbocycles. The molecule has 6 nitrogen and oxygen atoms in total. The number of carbonyl (C=O) groups excluding carboxylic acids is 1. The molecule has 1 aliphatic heterocycles. The molecule has 1 aromatic heterocycles. The van der Waals surface area contributed by atoms with Crippen molar-refractivity contribution in [2.45, 2.75) is 6.92 Å². The van der Waals surface area contributed by atoms with E-state index in [4.69, 9.17) is 9.47 Å². The van der Waals surface area contributed by atoms with E-state index in [0.29, 0.717) is 17.1 Å². The number of rotatable bonds is 4. The molecule has 6 heteroatoms. The van der Waals surface area contributed by atoms with Crippen molar-refractivity contribution in [3.63, 3.8) is 0 Å². The largest absolute Gasteiger partial charge is 0.493 e. The molecular weight excluding hydrogens is 294 g/mol. The van der Waals surface area contributed by atoms with Crippen LogP contribution in [-0.2, 0) is 0 Å². The summed E-state index contributed by atoms with van der Waals surface area (Å²) in [5.41, 5.74) is 1.56. The molecule has 0 atom stereocenters. The molecule has 0 aliphatic carbocycles. The van der Waals surface area contributed by atoms with Crippen LogP contribution in [0.2, 0.25) is 0 Å². The van der Waals surface area contributed by atoms with Crippen LogP contribution in [0.25, 0.3) is 10.9 Å². The molecule has 1 amide bonds. The quantitative estimate of drug-likeness (QED) is 0.936. The predicted molar refractivity (Wildman–Crippen MR) is 89.4 cm³/mol. The summed E-state index contributed by atoms with van der Waals surface area (Å²) < 4.78 is 10.7. The molecule has 1 N–H and O–H groups in total. The summed E-state index contributed by atoms with van der Waals surface area (Å²) in [5.74, 6) is 1.35. The first-order valence-electron chi connectivity index (χ1n) is 7.92. The van der Waals surface area contributed by atoms with Crippen LogP contribution in [0, 0.1) is 0 Å². The number of nitrogens with one attached hydrogen (secondary N) is 1. The molecular formula is C17H23N3O3. The molecule has 0 spiro atoms. The summed E-state index contributed by atoms with van der Waals surface area (Å²) in [5, 5.41) is 0.866. The van der Waals surface area contributed by atoms with Gasteiger partial charge in [0.05, 0.1) is 25.3 Å². The van der Waals surface area contributed by atoms with Crippen LogP contribution in [-0.4, -0.2) is 67.6 Å². The second-order valence-electron chi connectivity index (χ2n) is 5.68. The number of likely N-dealkylation sites (N-methyl/N-ethyl adjacent to an activating group) is 1. The van der Waals surface area contributed by atoms with Gasteiger partial charge in [-0.15, -0.1) is 0 Å².